The molecule has 0 aliphatic heterocycles. The summed E-state index contributed by atoms with van der Waals surface area (Å²) in [4.78, 5) is 12.3. The molecule has 0 saturated carbocycles. The number of carbonyl (C=O) groups excluding carboxylic acids is 1. The van der Waals surface area contributed by atoms with Crippen molar-refractivity contribution in [2.45, 2.75) is 20.3 Å². The standard InChI is InChI=1S/C16H15BrO/c1-11-3-6-13(7-4-11)9-16(18)15-10-14(17)8-5-12(15)2/h3-8,10H,9H2,1-2H3. The molecule has 0 radical (unpaired) electrons. The van der Waals surface area contributed by atoms with E-state index in [1.54, 1.807) is 0 Å². The first-order valence-electron chi connectivity index (χ1n) is 5.91. The van der Waals surface area contributed by atoms with Crippen molar-refractivity contribution in [2.24, 2.45) is 0 Å². The number of aryl methyl sites for hydroxylation is 2. The van der Waals surface area contributed by atoms with Gasteiger partial charge in [0.15, 0.2) is 5.78 Å². The van der Waals surface area contributed by atoms with E-state index >= 15 is 0 Å². The van der Waals surface area contributed by atoms with Gasteiger partial charge < -0.3 is 0 Å². The second-order valence-electron chi connectivity index (χ2n) is 4.54. The van der Waals surface area contributed by atoms with Crippen molar-refractivity contribution >= 4 is 21.7 Å². The largest absolute Gasteiger partial charge is 0.294 e. The Bertz CT molecular complexity index is 570. The quantitative estimate of drug-likeness (QED) is 0.763. The summed E-state index contributed by atoms with van der Waals surface area (Å²) >= 11 is 3.41. The topological polar surface area (TPSA) is 17.1 Å². The zero-order valence-corrected chi connectivity index (χ0v) is 12.1. The molecule has 0 aliphatic rings. The third kappa shape index (κ3) is 3.08. The lowest BCUT2D eigenvalue weighted by atomic mass is 9.99. The fourth-order valence-electron chi connectivity index (χ4n) is 1.88. The average molecular weight is 303 g/mol. The minimum absolute atomic E-state index is 0.164. The summed E-state index contributed by atoms with van der Waals surface area (Å²) < 4.78 is 0.945. The highest BCUT2D eigenvalue weighted by molar-refractivity contribution is 9.10. The lowest BCUT2D eigenvalue weighted by Crippen LogP contribution is -2.05. The van der Waals surface area contributed by atoms with E-state index in [-0.39, 0.29) is 5.78 Å². The number of halogens is 1. The Morgan fingerprint density at radius 1 is 1.06 bits per heavy atom. The maximum atomic E-state index is 12.3. The van der Waals surface area contributed by atoms with Gasteiger partial charge in [-0.1, -0.05) is 51.8 Å². The normalized spacial score (nSPS) is 10.4. The molecule has 0 heterocycles. The van der Waals surface area contributed by atoms with Gasteiger partial charge in [-0.15, -0.1) is 0 Å². The van der Waals surface area contributed by atoms with Crippen LogP contribution in [0.1, 0.15) is 27.0 Å². The summed E-state index contributed by atoms with van der Waals surface area (Å²) in [7, 11) is 0. The molecular formula is C16H15BrO. The van der Waals surface area contributed by atoms with Crippen molar-refractivity contribution < 1.29 is 4.79 Å². The van der Waals surface area contributed by atoms with Gasteiger partial charge >= 0.3 is 0 Å². The number of ketones is 1. The maximum Gasteiger partial charge on any atom is 0.167 e. The third-order valence-electron chi connectivity index (χ3n) is 2.99. The summed E-state index contributed by atoms with van der Waals surface area (Å²) in [6.45, 7) is 4.01. The Hall–Kier alpha value is -1.41. The Morgan fingerprint density at radius 3 is 2.39 bits per heavy atom. The molecule has 0 amide bonds. The highest BCUT2D eigenvalue weighted by Gasteiger charge is 2.10. The van der Waals surface area contributed by atoms with Crippen LogP contribution in [-0.2, 0) is 6.42 Å². The number of hydrogen-bond donors (Lipinski definition) is 0. The minimum atomic E-state index is 0.164. The van der Waals surface area contributed by atoms with Crippen LogP contribution in [0, 0.1) is 13.8 Å². The van der Waals surface area contributed by atoms with Crippen LogP contribution >= 0.6 is 15.9 Å². The van der Waals surface area contributed by atoms with Crippen molar-refractivity contribution in [3.8, 4) is 0 Å². The van der Waals surface area contributed by atoms with Crippen LogP contribution < -0.4 is 0 Å². The van der Waals surface area contributed by atoms with Crippen molar-refractivity contribution in [1.29, 1.82) is 0 Å². The predicted molar refractivity (Wildman–Crippen MR) is 78.1 cm³/mol. The molecule has 2 aromatic rings. The number of Topliss-reactive ketones (excluding diaryl/α,β-unsaturated/α-hetero) is 1. The molecule has 0 fully saturated rings. The maximum absolute atomic E-state index is 12.3. The number of benzene rings is 2. The van der Waals surface area contributed by atoms with Gasteiger partial charge in [0.25, 0.3) is 0 Å². The van der Waals surface area contributed by atoms with Crippen LogP contribution in [-0.4, -0.2) is 5.78 Å². The first kappa shape index (κ1) is 13.0. The summed E-state index contributed by atoms with van der Waals surface area (Å²) in [5.41, 5.74) is 4.09. The first-order chi connectivity index (χ1) is 8.56. The fraction of sp³-hybridized carbons (Fsp3) is 0.188. The van der Waals surface area contributed by atoms with E-state index in [9.17, 15) is 4.79 Å². The molecule has 0 saturated heterocycles. The highest BCUT2D eigenvalue weighted by atomic mass is 79.9. The molecule has 0 spiro atoms. The van der Waals surface area contributed by atoms with Crippen molar-refractivity contribution in [3.63, 3.8) is 0 Å². The zero-order chi connectivity index (χ0) is 13.1. The van der Waals surface area contributed by atoms with Gasteiger partial charge in [-0.25, -0.2) is 0 Å². The molecule has 0 bridgehead atoms. The summed E-state index contributed by atoms with van der Waals surface area (Å²) in [6.07, 6.45) is 0.456. The minimum Gasteiger partial charge on any atom is -0.294 e. The Kier molecular flexibility index (Phi) is 3.97. The smallest absolute Gasteiger partial charge is 0.167 e. The lowest BCUT2D eigenvalue weighted by molar-refractivity contribution is 0.0992. The van der Waals surface area contributed by atoms with Gasteiger partial charge in [0.2, 0.25) is 0 Å². The second-order valence-corrected chi connectivity index (χ2v) is 5.46. The van der Waals surface area contributed by atoms with E-state index in [0.717, 1.165) is 21.2 Å². The molecule has 2 aromatic carbocycles. The van der Waals surface area contributed by atoms with E-state index < -0.39 is 0 Å². The average Bonchev–Trinajstić information content (AvgIpc) is 2.35. The van der Waals surface area contributed by atoms with Crippen LogP contribution in [0.3, 0.4) is 0 Å². The first-order valence-corrected chi connectivity index (χ1v) is 6.70. The third-order valence-corrected chi connectivity index (χ3v) is 3.48. The molecule has 0 aromatic heterocycles. The van der Waals surface area contributed by atoms with Crippen molar-refractivity contribution in [3.05, 3.63) is 69.2 Å². The Morgan fingerprint density at radius 2 is 1.72 bits per heavy atom. The summed E-state index contributed by atoms with van der Waals surface area (Å²) in [5.74, 6) is 0.164. The van der Waals surface area contributed by atoms with Crippen molar-refractivity contribution in [1.82, 2.24) is 0 Å². The van der Waals surface area contributed by atoms with E-state index in [2.05, 4.69) is 15.9 Å². The zero-order valence-electron chi connectivity index (χ0n) is 10.5. The molecule has 0 aliphatic carbocycles. The second kappa shape index (κ2) is 5.49. The molecule has 18 heavy (non-hydrogen) atoms. The molecule has 2 rings (SSSR count). The molecule has 2 heteroatoms. The fourth-order valence-corrected chi connectivity index (χ4v) is 2.24. The van der Waals surface area contributed by atoms with Crippen LogP contribution in [0.25, 0.3) is 0 Å². The van der Waals surface area contributed by atoms with E-state index in [4.69, 9.17) is 0 Å². The van der Waals surface area contributed by atoms with E-state index in [1.165, 1.54) is 5.56 Å². The van der Waals surface area contributed by atoms with Crippen LogP contribution in [0.5, 0.6) is 0 Å². The van der Waals surface area contributed by atoms with Crippen LogP contribution in [0.15, 0.2) is 46.9 Å². The van der Waals surface area contributed by atoms with Gasteiger partial charge in [0.1, 0.15) is 0 Å². The van der Waals surface area contributed by atoms with Crippen LogP contribution in [0.4, 0.5) is 0 Å². The Labute approximate surface area is 116 Å². The lowest BCUT2D eigenvalue weighted by Gasteiger charge is -2.06. The van der Waals surface area contributed by atoms with E-state index in [1.807, 2.05) is 56.3 Å². The van der Waals surface area contributed by atoms with Gasteiger partial charge in [-0.2, -0.15) is 0 Å². The molecule has 0 N–H and O–H groups in total. The van der Waals surface area contributed by atoms with Gasteiger partial charge in [0.05, 0.1) is 0 Å². The highest BCUT2D eigenvalue weighted by Crippen LogP contribution is 2.18. The SMILES string of the molecule is Cc1ccc(CC(=O)c2cc(Br)ccc2C)cc1. The van der Waals surface area contributed by atoms with Crippen molar-refractivity contribution in [2.75, 3.05) is 0 Å². The summed E-state index contributed by atoms with van der Waals surface area (Å²) in [5, 5.41) is 0. The number of rotatable bonds is 3. The molecule has 0 unspecified atom stereocenters. The van der Waals surface area contributed by atoms with Gasteiger partial charge in [-0.05, 0) is 37.1 Å². The summed E-state index contributed by atoms with van der Waals surface area (Å²) in [6, 6.07) is 13.9. The molecule has 1 nitrogen and oxygen atoms in total. The Balaban J connectivity index is 2.21. The number of carbonyl (C=O) groups is 1. The van der Waals surface area contributed by atoms with Gasteiger partial charge in [-0.3, -0.25) is 4.79 Å². The molecule has 92 valence electrons. The molecular weight excluding hydrogens is 288 g/mol. The molecule has 0 atom stereocenters. The monoisotopic (exact) mass is 302 g/mol. The number of hydrogen-bond acceptors (Lipinski definition) is 1. The predicted octanol–water partition coefficient (Wildman–Crippen LogP) is 4.49. The van der Waals surface area contributed by atoms with E-state index in [0.29, 0.717) is 6.42 Å². The van der Waals surface area contributed by atoms with Crippen LogP contribution in [0.2, 0.25) is 0 Å². The van der Waals surface area contributed by atoms with Gasteiger partial charge in [0, 0.05) is 16.5 Å².